The molecular weight excluding hydrogens is 118 g/mol. The zero-order valence-electron chi connectivity index (χ0n) is 5.55. The van der Waals surface area contributed by atoms with Crippen LogP contribution in [0.15, 0.2) is 6.20 Å². The molecule has 0 saturated heterocycles. The molecule has 0 atom stereocenters. The number of aliphatic hydroxyl groups is 1. The number of hydrogen-bond donors (Lipinski definition) is 3. The lowest BCUT2D eigenvalue weighted by Gasteiger charge is -2.21. The maximum Gasteiger partial charge on any atom is 0.102 e. The van der Waals surface area contributed by atoms with Gasteiger partial charge in [0.15, 0.2) is 0 Å². The minimum atomic E-state index is -0.796. The predicted molar refractivity (Wildman–Crippen MR) is 34.2 cm³/mol. The van der Waals surface area contributed by atoms with Crippen molar-refractivity contribution in [1.29, 1.82) is 0 Å². The average Bonchev–Trinajstić information content (AvgIpc) is 1.55. The third-order valence-electron chi connectivity index (χ3n) is 1.18. The number of aromatic amines is 1. The lowest BCUT2D eigenvalue weighted by atomic mass is 10.1. The standard InChI is InChI=1S/C5H11N3O/c1-5(2,9)4-3-8(6)7-4/h3,7,9H,6H2,1-2H3. The second-order valence-corrected chi connectivity index (χ2v) is 2.62. The minimum absolute atomic E-state index is 0.741. The van der Waals surface area contributed by atoms with Crippen molar-refractivity contribution >= 4 is 0 Å². The topological polar surface area (TPSA) is 67.0 Å². The van der Waals surface area contributed by atoms with Gasteiger partial charge in [0.25, 0.3) is 0 Å². The van der Waals surface area contributed by atoms with E-state index in [1.54, 1.807) is 20.0 Å². The molecule has 52 valence electrons. The van der Waals surface area contributed by atoms with Crippen molar-refractivity contribution in [2.75, 3.05) is 5.84 Å². The van der Waals surface area contributed by atoms with Crippen molar-refractivity contribution in [3.05, 3.63) is 11.9 Å². The number of nitrogens with zero attached hydrogens (tertiary/aromatic N) is 1. The molecule has 0 amide bonds. The lowest BCUT2D eigenvalue weighted by Crippen LogP contribution is -2.29. The molecule has 0 bridgehead atoms. The van der Waals surface area contributed by atoms with Gasteiger partial charge in [-0.1, -0.05) is 0 Å². The van der Waals surface area contributed by atoms with Crippen LogP contribution in [0.25, 0.3) is 0 Å². The van der Waals surface area contributed by atoms with E-state index >= 15 is 0 Å². The van der Waals surface area contributed by atoms with Crippen molar-refractivity contribution in [3.63, 3.8) is 0 Å². The zero-order chi connectivity index (χ0) is 7.07. The first-order valence-corrected chi connectivity index (χ1v) is 2.75. The molecule has 0 saturated carbocycles. The molecule has 0 aliphatic heterocycles. The molecule has 0 aliphatic rings. The van der Waals surface area contributed by atoms with E-state index in [2.05, 4.69) is 5.10 Å². The Morgan fingerprint density at radius 2 is 2.22 bits per heavy atom. The summed E-state index contributed by atoms with van der Waals surface area (Å²) >= 11 is 0. The lowest BCUT2D eigenvalue weighted by molar-refractivity contribution is 0.0676. The molecular formula is C5H11N3O. The molecule has 0 radical (unpaired) electrons. The van der Waals surface area contributed by atoms with Gasteiger partial charge < -0.3 is 10.9 Å². The van der Waals surface area contributed by atoms with Crippen LogP contribution in [0.2, 0.25) is 0 Å². The molecule has 0 unspecified atom stereocenters. The fraction of sp³-hybridized carbons (Fsp3) is 0.600. The molecule has 0 spiro atoms. The predicted octanol–water partition coefficient (Wildman–Crippen LogP) is -0.243. The van der Waals surface area contributed by atoms with Crippen LogP contribution in [0.3, 0.4) is 0 Å². The van der Waals surface area contributed by atoms with E-state index in [0.717, 1.165) is 5.69 Å². The highest BCUT2D eigenvalue weighted by atomic mass is 16.3. The van der Waals surface area contributed by atoms with Gasteiger partial charge in [-0.15, -0.1) is 0 Å². The van der Waals surface area contributed by atoms with E-state index in [9.17, 15) is 5.11 Å². The molecule has 4 nitrogen and oxygen atoms in total. The second-order valence-electron chi connectivity index (χ2n) is 2.62. The number of hydrogen-bond acceptors (Lipinski definition) is 2. The third-order valence-corrected chi connectivity index (χ3v) is 1.18. The van der Waals surface area contributed by atoms with Crippen molar-refractivity contribution in [1.82, 2.24) is 9.89 Å². The number of aromatic nitrogens is 2. The van der Waals surface area contributed by atoms with Gasteiger partial charge in [0, 0.05) is 0 Å². The Kier molecular flexibility index (Phi) is 1.06. The number of rotatable bonds is 1. The van der Waals surface area contributed by atoms with E-state index in [-0.39, 0.29) is 0 Å². The smallest absolute Gasteiger partial charge is 0.102 e. The van der Waals surface area contributed by atoms with Crippen LogP contribution < -0.4 is 5.84 Å². The molecule has 1 heterocycles. The summed E-state index contributed by atoms with van der Waals surface area (Å²) in [7, 11) is 0. The Labute approximate surface area is 53.2 Å². The molecule has 9 heavy (non-hydrogen) atoms. The first-order chi connectivity index (χ1) is 4.00. The fourth-order valence-corrected chi connectivity index (χ4v) is 0.568. The van der Waals surface area contributed by atoms with Gasteiger partial charge in [-0.05, 0) is 13.8 Å². The summed E-state index contributed by atoms with van der Waals surface area (Å²) in [5.74, 6) is 5.20. The SMILES string of the molecule is CC(C)(O)c1cn(N)[nH]1. The molecule has 0 fully saturated rings. The van der Waals surface area contributed by atoms with E-state index in [4.69, 9.17) is 5.84 Å². The Bertz CT molecular complexity index is 181. The fourth-order valence-electron chi connectivity index (χ4n) is 0.568. The van der Waals surface area contributed by atoms with E-state index < -0.39 is 5.60 Å². The largest absolute Gasteiger partial charge is 0.384 e. The van der Waals surface area contributed by atoms with Gasteiger partial charge in [-0.2, -0.15) is 0 Å². The maximum atomic E-state index is 9.24. The Hall–Kier alpha value is -0.900. The summed E-state index contributed by atoms with van der Waals surface area (Å²) < 4.78 is 0. The first-order valence-electron chi connectivity index (χ1n) is 2.75. The van der Waals surface area contributed by atoms with Crippen LogP contribution in [0, 0.1) is 0 Å². The van der Waals surface area contributed by atoms with Crippen LogP contribution in [0.5, 0.6) is 0 Å². The van der Waals surface area contributed by atoms with E-state index in [1.165, 1.54) is 4.79 Å². The minimum Gasteiger partial charge on any atom is -0.384 e. The van der Waals surface area contributed by atoms with Gasteiger partial charge in [-0.25, -0.2) is 4.79 Å². The van der Waals surface area contributed by atoms with Crippen molar-refractivity contribution in [2.45, 2.75) is 19.4 Å². The highest BCUT2D eigenvalue weighted by molar-refractivity contribution is 5.05. The summed E-state index contributed by atoms with van der Waals surface area (Å²) in [5, 5.41) is 11.9. The maximum absolute atomic E-state index is 9.24. The van der Waals surface area contributed by atoms with Crippen LogP contribution in [-0.4, -0.2) is 15.0 Å². The number of nitrogen functional groups attached to an aromatic ring is 1. The average molecular weight is 129 g/mol. The zero-order valence-corrected chi connectivity index (χ0v) is 5.55. The normalized spacial score (nSPS) is 12.3. The molecule has 4 heteroatoms. The summed E-state index contributed by atoms with van der Waals surface area (Å²) in [6.45, 7) is 3.39. The summed E-state index contributed by atoms with van der Waals surface area (Å²) in [6.07, 6.45) is 1.64. The molecule has 1 rings (SSSR count). The molecule has 1 aromatic rings. The van der Waals surface area contributed by atoms with Crippen LogP contribution in [0.1, 0.15) is 19.5 Å². The van der Waals surface area contributed by atoms with Gasteiger partial charge >= 0.3 is 0 Å². The molecule has 0 aromatic carbocycles. The van der Waals surface area contributed by atoms with E-state index in [0.29, 0.717) is 0 Å². The van der Waals surface area contributed by atoms with Gasteiger partial charge in [0.05, 0.1) is 11.9 Å². The Morgan fingerprint density at radius 1 is 1.78 bits per heavy atom. The molecule has 1 aromatic heterocycles. The van der Waals surface area contributed by atoms with Crippen molar-refractivity contribution in [3.8, 4) is 0 Å². The first kappa shape index (κ1) is 6.22. The van der Waals surface area contributed by atoms with Crippen molar-refractivity contribution < 1.29 is 5.11 Å². The van der Waals surface area contributed by atoms with Crippen LogP contribution in [0.4, 0.5) is 0 Å². The number of nitrogens with one attached hydrogen (secondary N) is 1. The van der Waals surface area contributed by atoms with E-state index in [1.807, 2.05) is 0 Å². The Morgan fingerprint density at radius 3 is 2.33 bits per heavy atom. The Balaban J connectivity index is 2.73. The van der Waals surface area contributed by atoms with Gasteiger partial charge in [-0.3, -0.25) is 5.10 Å². The van der Waals surface area contributed by atoms with Crippen molar-refractivity contribution in [2.24, 2.45) is 0 Å². The monoisotopic (exact) mass is 129 g/mol. The van der Waals surface area contributed by atoms with Crippen LogP contribution in [-0.2, 0) is 5.60 Å². The third kappa shape index (κ3) is 1.08. The number of nitrogens with two attached hydrogens (primary N) is 1. The molecule has 0 aliphatic carbocycles. The van der Waals surface area contributed by atoms with Gasteiger partial charge in [0.1, 0.15) is 5.60 Å². The van der Waals surface area contributed by atoms with Gasteiger partial charge in [0.2, 0.25) is 0 Å². The van der Waals surface area contributed by atoms with Crippen LogP contribution >= 0.6 is 0 Å². The highest BCUT2D eigenvalue weighted by Crippen LogP contribution is 2.16. The summed E-state index contributed by atoms with van der Waals surface area (Å²) in [6, 6.07) is 0. The summed E-state index contributed by atoms with van der Waals surface area (Å²) in [4.78, 5) is 1.30. The second kappa shape index (κ2) is 1.54. The molecule has 4 N–H and O–H groups in total. The quantitative estimate of drug-likeness (QED) is 0.458. The summed E-state index contributed by atoms with van der Waals surface area (Å²) in [5.41, 5.74) is -0.0550. The highest BCUT2D eigenvalue weighted by Gasteiger charge is 2.19. The number of H-pyrrole nitrogens is 1.